The quantitative estimate of drug-likeness (QED) is 0.647. The highest BCUT2D eigenvalue weighted by molar-refractivity contribution is 5.75. The summed E-state index contributed by atoms with van der Waals surface area (Å²) < 4.78 is 12.7. The van der Waals surface area contributed by atoms with Gasteiger partial charge >= 0.3 is 0 Å². The number of hydrogen-bond donors (Lipinski definition) is 0. The van der Waals surface area contributed by atoms with Crippen LogP contribution in [0.2, 0.25) is 0 Å². The molecule has 3 heteroatoms. The zero-order valence-corrected chi connectivity index (χ0v) is 7.03. The van der Waals surface area contributed by atoms with Crippen LogP contribution in [0, 0.1) is 0 Å². The number of rotatable bonds is 1. The zero-order chi connectivity index (χ0) is 9.42. The Balaban J connectivity index is 2.80. The first-order valence-corrected chi connectivity index (χ1v) is 3.89. The molecule has 0 bridgehead atoms. The van der Waals surface area contributed by atoms with Crippen LogP contribution in [0.25, 0.3) is 11.1 Å². The molecule has 0 amide bonds. The third kappa shape index (κ3) is 0.978. The summed E-state index contributed by atoms with van der Waals surface area (Å²) in [5, 5.41) is 0.734. The van der Waals surface area contributed by atoms with Crippen molar-refractivity contribution in [2.75, 3.05) is 0 Å². The minimum absolute atomic E-state index is 0.284. The van der Waals surface area contributed by atoms with Gasteiger partial charge < -0.3 is 4.42 Å². The molecule has 2 heterocycles. The van der Waals surface area contributed by atoms with E-state index in [1.54, 1.807) is 0 Å². The normalized spacial score (nSPS) is 12.4. The molecule has 0 saturated heterocycles. The third-order valence-electron chi connectivity index (χ3n) is 1.76. The lowest BCUT2D eigenvalue weighted by Crippen LogP contribution is -1.93. The predicted octanol–water partition coefficient (Wildman–Crippen LogP) is 2.35. The Kier molecular flexibility index (Phi) is 1.33. The maximum Gasteiger partial charge on any atom is 0.229 e. The first-order chi connectivity index (χ1) is 6.20. The van der Waals surface area contributed by atoms with Crippen molar-refractivity contribution in [2.45, 2.75) is 19.8 Å². The van der Waals surface area contributed by atoms with Crippen molar-refractivity contribution in [2.24, 2.45) is 0 Å². The van der Waals surface area contributed by atoms with E-state index in [1.165, 1.54) is 12.6 Å². The highest BCUT2D eigenvalue weighted by Crippen LogP contribution is 2.21. The van der Waals surface area contributed by atoms with Crippen LogP contribution in [-0.4, -0.2) is 9.97 Å². The molecule has 0 N–H and O–H groups in total. The topological polar surface area (TPSA) is 38.9 Å². The van der Waals surface area contributed by atoms with Crippen LogP contribution in [0.5, 0.6) is 0 Å². The minimum Gasteiger partial charge on any atom is -0.446 e. The second-order valence-electron chi connectivity index (χ2n) is 2.97. The van der Waals surface area contributed by atoms with E-state index in [1.807, 2.05) is 13.8 Å². The van der Waals surface area contributed by atoms with Gasteiger partial charge in [-0.05, 0) is 12.0 Å². The summed E-state index contributed by atoms with van der Waals surface area (Å²) in [7, 11) is 0. The molecule has 0 spiro atoms. The van der Waals surface area contributed by atoms with Crippen molar-refractivity contribution in [3.05, 3.63) is 24.3 Å². The van der Waals surface area contributed by atoms with E-state index in [-0.39, 0.29) is 5.92 Å². The Morgan fingerprint density at radius 2 is 2.33 bits per heavy atom. The third-order valence-corrected chi connectivity index (χ3v) is 1.76. The molecule has 12 heavy (non-hydrogen) atoms. The van der Waals surface area contributed by atoms with Crippen LogP contribution in [0.1, 0.15) is 26.8 Å². The first kappa shape index (κ1) is 6.17. The monoisotopic (exact) mass is 163 g/mol. The molecule has 0 saturated carbocycles. The van der Waals surface area contributed by atoms with Gasteiger partial charge in [-0.15, -0.1) is 0 Å². The van der Waals surface area contributed by atoms with Gasteiger partial charge in [-0.3, -0.25) is 0 Å². The van der Waals surface area contributed by atoms with Gasteiger partial charge in [0, 0.05) is 0 Å². The van der Waals surface area contributed by atoms with Crippen molar-refractivity contribution >= 4 is 11.1 Å². The van der Waals surface area contributed by atoms with Gasteiger partial charge in [0.1, 0.15) is 6.33 Å². The molecule has 2 rings (SSSR count). The van der Waals surface area contributed by atoms with E-state index >= 15 is 0 Å². The summed E-state index contributed by atoms with van der Waals surface area (Å²) in [6, 6.07) is 0.360. The molecule has 62 valence electrons. The Hall–Kier alpha value is -1.38. The van der Waals surface area contributed by atoms with Crippen LogP contribution in [0.3, 0.4) is 0 Å². The average molecular weight is 163 g/mol. The van der Waals surface area contributed by atoms with Crippen LogP contribution in [0.15, 0.2) is 23.1 Å². The highest BCUT2D eigenvalue weighted by atomic mass is 16.3. The molecule has 0 aromatic carbocycles. The molecule has 0 unspecified atom stereocenters. The molecule has 0 aliphatic rings. The van der Waals surface area contributed by atoms with Crippen LogP contribution < -0.4 is 0 Å². The fourth-order valence-electron chi connectivity index (χ4n) is 1.19. The summed E-state index contributed by atoms with van der Waals surface area (Å²) in [6.45, 7) is 4.07. The van der Waals surface area contributed by atoms with Gasteiger partial charge in [-0.1, -0.05) is 13.8 Å². The van der Waals surface area contributed by atoms with Crippen molar-refractivity contribution < 1.29 is 5.79 Å². The Morgan fingerprint density at radius 3 is 3.08 bits per heavy atom. The summed E-state index contributed by atoms with van der Waals surface area (Å²) in [5.74, 6) is 0.284. The van der Waals surface area contributed by atoms with E-state index in [4.69, 9.17) is 5.79 Å². The smallest absolute Gasteiger partial charge is 0.229 e. The van der Waals surface area contributed by atoms with Crippen molar-refractivity contribution in [1.29, 1.82) is 0 Å². The molecule has 2 aromatic heterocycles. The van der Waals surface area contributed by atoms with Crippen molar-refractivity contribution in [3.63, 3.8) is 0 Å². The van der Waals surface area contributed by atoms with E-state index in [9.17, 15) is 0 Å². The van der Waals surface area contributed by atoms with E-state index in [0.717, 1.165) is 11.1 Å². The molecule has 0 aliphatic carbocycles. The second-order valence-corrected chi connectivity index (χ2v) is 2.97. The summed E-state index contributed by atoms with van der Waals surface area (Å²) in [6.07, 6.45) is 2.87. The average Bonchev–Trinajstić information content (AvgIpc) is 2.48. The number of aromatic nitrogens is 2. The number of fused-ring (bicyclic) bond motifs is 1. The lowest BCUT2D eigenvalue weighted by Gasteiger charge is -2.02. The van der Waals surface area contributed by atoms with E-state index < -0.39 is 0 Å². The molecule has 2 aromatic rings. The fraction of sp³-hybridized carbons (Fsp3) is 0.333. The minimum atomic E-state index is 0.284. The van der Waals surface area contributed by atoms with Gasteiger partial charge in [0.25, 0.3) is 0 Å². The van der Waals surface area contributed by atoms with Crippen LogP contribution >= 0.6 is 0 Å². The summed E-state index contributed by atoms with van der Waals surface area (Å²) >= 11 is 0. The standard InChI is InChI=1S/C9H10N2O/c1-6(2)8-7-3-4-12-9(7)11-5-10-8/h3-6H,1-2H3/i3D. The molecule has 3 nitrogen and oxygen atoms in total. The fourth-order valence-corrected chi connectivity index (χ4v) is 1.19. The maximum absolute atomic E-state index is 7.60. The SMILES string of the molecule is [2H]c1coc2ncnc(C(C)C)c12. The largest absolute Gasteiger partial charge is 0.446 e. The zero-order valence-electron chi connectivity index (χ0n) is 8.03. The molecule has 0 atom stereocenters. The van der Waals surface area contributed by atoms with Gasteiger partial charge in [0.05, 0.1) is 18.7 Å². The van der Waals surface area contributed by atoms with E-state index in [0.29, 0.717) is 11.8 Å². The molecular weight excluding hydrogens is 152 g/mol. The number of hydrogen-bond acceptors (Lipinski definition) is 3. The lowest BCUT2D eigenvalue weighted by molar-refractivity contribution is 0.601. The van der Waals surface area contributed by atoms with Gasteiger partial charge in [-0.2, -0.15) is 0 Å². The summed E-state index contributed by atoms with van der Waals surface area (Å²) in [5.41, 5.74) is 1.38. The van der Waals surface area contributed by atoms with Crippen LogP contribution in [-0.2, 0) is 0 Å². The molecular formula is C9H10N2O. The predicted molar refractivity (Wildman–Crippen MR) is 45.9 cm³/mol. The number of furan rings is 1. The summed E-state index contributed by atoms with van der Waals surface area (Å²) in [4.78, 5) is 8.10. The Labute approximate surface area is 71.8 Å². The lowest BCUT2D eigenvalue weighted by atomic mass is 10.1. The van der Waals surface area contributed by atoms with Gasteiger partial charge in [0.2, 0.25) is 5.71 Å². The van der Waals surface area contributed by atoms with Crippen molar-refractivity contribution in [3.8, 4) is 0 Å². The Bertz CT molecular complexity index is 436. The molecule has 0 aliphatic heterocycles. The van der Waals surface area contributed by atoms with Crippen molar-refractivity contribution in [1.82, 2.24) is 9.97 Å². The van der Waals surface area contributed by atoms with E-state index in [2.05, 4.69) is 9.97 Å². The maximum atomic E-state index is 7.60. The molecule has 0 radical (unpaired) electrons. The van der Waals surface area contributed by atoms with Gasteiger partial charge in [0.15, 0.2) is 0 Å². The second kappa shape index (κ2) is 2.59. The van der Waals surface area contributed by atoms with Gasteiger partial charge in [-0.25, -0.2) is 9.97 Å². The highest BCUT2D eigenvalue weighted by Gasteiger charge is 2.08. The molecule has 0 fully saturated rings. The van der Waals surface area contributed by atoms with Crippen LogP contribution in [0.4, 0.5) is 0 Å². The Morgan fingerprint density at radius 1 is 1.50 bits per heavy atom. The number of nitrogens with zero attached hydrogens (tertiary/aromatic N) is 2. The first-order valence-electron chi connectivity index (χ1n) is 4.39.